The number of pyridine rings is 1. The van der Waals surface area contributed by atoms with E-state index in [1.165, 1.54) is 10.5 Å². The summed E-state index contributed by atoms with van der Waals surface area (Å²) in [5, 5.41) is 2.73. The highest BCUT2D eigenvalue weighted by Crippen LogP contribution is 2.31. The van der Waals surface area contributed by atoms with Crippen molar-refractivity contribution in [1.82, 2.24) is 14.3 Å². The molecular weight excluding hydrogens is 453 g/mol. The third kappa shape index (κ3) is 4.13. The molecule has 3 N–H and O–H groups in total. The van der Waals surface area contributed by atoms with Crippen LogP contribution >= 0.6 is 0 Å². The highest BCUT2D eigenvalue weighted by atomic mass is 19.1. The number of nitrogens with two attached hydrogens (primary N) is 1. The second-order valence-electron chi connectivity index (χ2n) is 8.60. The van der Waals surface area contributed by atoms with Crippen molar-refractivity contribution < 1.29 is 20.1 Å². The number of carbonyl (C=O) groups excluding carboxylic acids is 2. The first kappa shape index (κ1) is 22.6. The molecule has 0 saturated carbocycles. The van der Waals surface area contributed by atoms with Crippen molar-refractivity contribution in [3.05, 3.63) is 53.2 Å². The quantitative estimate of drug-likeness (QED) is 0.427. The summed E-state index contributed by atoms with van der Waals surface area (Å²) in [6.07, 6.45) is 4.67. The van der Waals surface area contributed by atoms with E-state index in [-0.39, 0.29) is 36.1 Å². The van der Waals surface area contributed by atoms with Gasteiger partial charge in [-0.2, -0.15) is 0 Å². The molecule has 2 fully saturated rings. The second-order valence-corrected chi connectivity index (χ2v) is 8.60. The predicted octanol–water partition coefficient (Wildman–Crippen LogP) is 2.94. The zero-order valence-corrected chi connectivity index (χ0v) is 19.5. The van der Waals surface area contributed by atoms with Gasteiger partial charge < -0.3 is 25.1 Å². The molecule has 35 heavy (non-hydrogen) atoms. The molecule has 11 heteroatoms. The van der Waals surface area contributed by atoms with E-state index in [0.29, 0.717) is 44.0 Å². The first-order valence-electron chi connectivity index (χ1n) is 11.4. The summed E-state index contributed by atoms with van der Waals surface area (Å²) in [4.78, 5) is 37.3. The monoisotopic (exact) mass is 481 g/mol. The Bertz CT molecular complexity index is 1360. The van der Waals surface area contributed by atoms with Gasteiger partial charge >= 0.3 is 6.09 Å². The Hall–Kier alpha value is -4.15. The average molecular weight is 482 g/mol. The Morgan fingerprint density at radius 1 is 1.40 bits per heavy atom. The van der Waals surface area contributed by atoms with Gasteiger partial charge in [0.15, 0.2) is 11.5 Å². The fourth-order valence-corrected chi connectivity index (χ4v) is 4.57. The van der Waals surface area contributed by atoms with Gasteiger partial charge in [-0.25, -0.2) is 14.2 Å². The van der Waals surface area contributed by atoms with Crippen molar-refractivity contribution in [3.8, 4) is 0 Å². The molecule has 2 saturated heterocycles. The van der Waals surface area contributed by atoms with Crippen molar-refractivity contribution in [3.63, 3.8) is 0 Å². The van der Waals surface area contributed by atoms with E-state index < -0.39 is 11.7 Å². The number of cyclic esters (lactones) is 1. The zero-order valence-electron chi connectivity index (χ0n) is 19.5. The van der Waals surface area contributed by atoms with Gasteiger partial charge in [-0.1, -0.05) is 0 Å². The molecule has 4 heterocycles. The highest BCUT2D eigenvalue weighted by Gasteiger charge is 2.38. The molecule has 2 amide bonds. The van der Waals surface area contributed by atoms with Gasteiger partial charge in [0.25, 0.3) is 5.91 Å². The lowest BCUT2D eigenvalue weighted by Crippen LogP contribution is -2.52. The van der Waals surface area contributed by atoms with Gasteiger partial charge in [0.1, 0.15) is 6.61 Å². The molecule has 2 aromatic heterocycles. The number of nitrogen functional groups attached to an aromatic ring is 1. The van der Waals surface area contributed by atoms with Gasteiger partial charge in [0.2, 0.25) is 0 Å². The minimum Gasteiger partial charge on any atom is -0.447 e. The minimum atomic E-state index is -0.538. The van der Waals surface area contributed by atoms with Crippen LogP contribution in [0.25, 0.3) is 5.65 Å². The smallest absolute Gasteiger partial charge is 0.410 e. The topological polar surface area (TPSA) is 118 Å². The van der Waals surface area contributed by atoms with Gasteiger partial charge in [-0.3, -0.25) is 14.7 Å². The number of anilines is 3. The van der Waals surface area contributed by atoms with Crippen LogP contribution in [0.5, 0.6) is 0 Å². The van der Waals surface area contributed by atoms with Gasteiger partial charge in [0, 0.05) is 63.5 Å². The summed E-state index contributed by atoms with van der Waals surface area (Å²) in [5.74, 6) is -1.00. The first-order chi connectivity index (χ1) is 16.9. The fourth-order valence-electron chi connectivity index (χ4n) is 4.57. The van der Waals surface area contributed by atoms with Crippen molar-refractivity contribution >= 4 is 40.9 Å². The minimum absolute atomic E-state index is 0. The van der Waals surface area contributed by atoms with E-state index in [9.17, 15) is 14.0 Å². The third-order valence-corrected chi connectivity index (χ3v) is 6.25. The number of piperazine rings is 1. The summed E-state index contributed by atoms with van der Waals surface area (Å²) in [6.45, 7) is 6.31. The largest absolute Gasteiger partial charge is 0.447 e. The number of nitrogens with one attached hydrogen (secondary N) is 1. The molecule has 184 valence electrons. The van der Waals surface area contributed by atoms with Gasteiger partial charge in [-0.05, 0) is 26.0 Å². The number of rotatable bonds is 5. The lowest BCUT2D eigenvalue weighted by molar-refractivity contribution is 0.102. The molecular formula is C24H28FN7O3. The van der Waals surface area contributed by atoms with Gasteiger partial charge in [0.05, 0.1) is 28.7 Å². The van der Waals surface area contributed by atoms with Crippen LogP contribution in [0.4, 0.5) is 26.2 Å². The van der Waals surface area contributed by atoms with Crippen LogP contribution in [0.2, 0.25) is 0 Å². The van der Waals surface area contributed by atoms with E-state index >= 15 is 0 Å². The molecule has 0 spiro atoms. The van der Waals surface area contributed by atoms with E-state index in [4.69, 9.17) is 10.5 Å². The maximum absolute atomic E-state index is 14.5. The number of amides is 2. The Morgan fingerprint density at radius 2 is 2.23 bits per heavy atom. The van der Waals surface area contributed by atoms with Crippen molar-refractivity contribution in [2.75, 3.05) is 48.7 Å². The number of carbonyl (C=O) groups is 2. The molecule has 1 atom stereocenters. The number of aliphatic imine (C=N–C) groups is 1. The summed E-state index contributed by atoms with van der Waals surface area (Å²) in [7, 11) is 0. The number of hydrogen-bond donors (Lipinski definition) is 2. The molecule has 2 aliphatic rings. The molecule has 0 aliphatic carbocycles. The van der Waals surface area contributed by atoms with Crippen LogP contribution in [0.3, 0.4) is 0 Å². The van der Waals surface area contributed by atoms with Crippen LogP contribution < -0.4 is 16.0 Å². The molecule has 0 bridgehead atoms. The van der Waals surface area contributed by atoms with E-state index in [0.717, 1.165) is 5.69 Å². The van der Waals surface area contributed by atoms with E-state index in [2.05, 4.69) is 20.2 Å². The number of aromatic nitrogens is 2. The number of nitrogens with zero attached hydrogens (tertiary/aromatic N) is 5. The van der Waals surface area contributed by atoms with E-state index in [1.54, 1.807) is 36.5 Å². The summed E-state index contributed by atoms with van der Waals surface area (Å²) in [6, 6.07) is 4.68. The Morgan fingerprint density at radius 3 is 3.03 bits per heavy atom. The molecule has 3 aromatic rings. The number of halogens is 1. The highest BCUT2D eigenvalue weighted by molar-refractivity contribution is 6.11. The SMILES string of the molecule is CCN=Cc1c(N2CCN3C(=O)OCC3C2)ccc(C(=O)Nc2cc(F)c3nc(C)cn3c2)c1N.[HH]. The fraction of sp³-hybridized carbons (Fsp3) is 0.333. The molecule has 1 aromatic carbocycles. The zero-order chi connectivity index (χ0) is 24.7. The number of aryl methyl sites for hydroxylation is 1. The lowest BCUT2D eigenvalue weighted by Gasteiger charge is -2.37. The number of ether oxygens (including phenoxy) is 1. The summed E-state index contributed by atoms with van der Waals surface area (Å²) in [5.41, 5.74) is 9.62. The van der Waals surface area contributed by atoms with Crippen LogP contribution in [0, 0.1) is 12.7 Å². The first-order valence-corrected chi connectivity index (χ1v) is 11.4. The Kier molecular flexibility index (Phi) is 5.75. The van der Waals surface area contributed by atoms with Crippen LogP contribution in [-0.2, 0) is 4.74 Å². The normalized spacial score (nSPS) is 17.8. The molecule has 1 unspecified atom stereocenters. The maximum atomic E-state index is 14.5. The second kappa shape index (κ2) is 8.90. The number of fused-ring (bicyclic) bond motifs is 2. The molecule has 0 radical (unpaired) electrons. The van der Waals surface area contributed by atoms with Gasteiger partial charge in [-0.15, -0.1) is 0 Å². The molecule has 5 rings (SSSR count). The summed E-state index contributed by atoms with van der Waals surface area (Å²) >= 11 is 0. The van der Waals surface area contributed by atoms with Crippen LogP contribution in [0.1, 0.15) is 30.0 Å². The standard InChI is InChI=1S/C24H26FN7O3.H2/c1-3-27-9-18-20(30-6-7-32-16(12-30)13-35-24(32)34)5-4-17(21(18)26)23(33)29-15-8-19(25)22-28-14(2)10-31(22)11-15;/h4-5,8-11,16H,3,6-7,12-13,26H2,1-2H3,(H,29,33);1H. The lowest BCUT2D eigenvalue weighted by atomic mass is 10.0. The number of imidazole rings is 1. The summed E-state index contributed by atoms with van der Waals surface area (Å²) < 4.78 is 21.2. The number of hydrogen-bond acceptors (Lipinski definition) is 7. The van der Waals surface area contributed by atoms with Crippen LogP contribution in [-0.4, -0.2) is 71.3 Å². The van der Waals surface area contributed by atoms with Crippen molar-refractivity contribution in [2.45, 2.75) is 19.9 Å². The molecule has 2 aliphatic heterocycles. The maximum Gasteiger partial charge on any atom is 0.410 e. The Labute approximate surface area is 202 Å². The third-order valence-electron chi connectivity index (χ3n) is 6.25. The predicted molar refractivity (Wildman–Crippen MR) is 133 cm³/mol. The average Bonchev–Trinajstić information content (AvgIpc) is 3.39. The molecule has 10 nitrogen and oxygen atoms in total. The van der Waals surface area contributed by atoms with E-state index in [1.807, 2.05) is 13.0 Å². The van der Waals surface area contributed by atoms with Crippen LogP contribution in [0.15, 0.2) is 35.6 Å². The van der Waals surface area contributed by atoms with Crippen molar-refractivity contribution in [2.24, 2.45) is 4.99 Å². The Balaban J connectivity index is 0.00000304. The number of benzene rings is 1. The van der Waals surface area contributed by atoms with Crippen molar-refractivity contribution in [1.29, 1.82) is 0 Å².